The second-order valence-corrected chi connectivity index (χ2v) is 7.48. The quantitative estimate of drug-likeness (QED) is 0.165. The predicted molar refractivity (Wildman–Crippen MR) is 109 cm³/mol. The number of nitrogens with one attached hydrogen (secondary N) is 3. The number of hydrogen-bond acceptors (Lipinski definition) is 7. The lowest BCUT2D eigenvalue weighted by Gasteiger charge is -2.24. The highest BCUT2D eigenvalue weighted by Gasteiger charge is 2.29. The van der Waals surface area contributed by atoms with Crippen molar-refractivity contribution in [2.75, 3.05) is 5.75 Å². The Balaban J connectivity index is 5.11. The van der Waals surface area contributed by atoms with Crippen molar-refractivity contribution in [3.63, 3.8) is 0 Å². The molecule has 11 nitrogen and oxygen atoms in total. The van der Waals surface area contributed by atoms with E-state index >= 15 is 0 Å². The Bertz CT molecular complexity index is 615. The normalized spacial score (nSPS) is 15.0. The summed E-state index contributed by atoms with van der Waals surface area (Å²) in [5.74, 6) is -3.83. The van der Waals surface area contributed by atoms with Gasteiger partial charge in [-0.15, -0.1) is 0 Å². The van der Waals surface area contributed by atoms with Crippen molar-refractivity contribution in [1.82, 2.24) is 16.0 Å². The van der Waals surface area contributed by atoms with E-state index in [0.29, 0.717) is 0 Å². The van der Waals surface area contributed by atoms with Crippen molar-refractivity contribution < 1.29 is 29.1 Å². The Kier molecular flexibility index (Phi) is 11.9. The van der Waals surface area contributed by atoms with Gasteiger partial charge in [0.15, 0.2) is 0 Å². The number of carboxylic acids is 1. The number of primary amides is 1. The van der Waals surface area contributed by atoms with Gasteiger partial charge in [0.1, 0.15) is 18.1 Å². The van der Waals surface area contributed by atoms with Gasteiger partial charge < -0.3 is 32.5 Å². The van der Waals surface area contributed by atoms with Crippen LogP contribution in [0.1, 0.15) is 40.0 Å². The van der Waals surface area contributed by atoms with E-state index in [1.807, 2.05) is 13.8 Å². The zero-order valence-corrected chi connectivity index (χ0v) is 17.7. The van der Waals surface area contributed by atoms with Crippen LogP contribution in [0.2, 0.25) is 0 Å². The maximum Gasteiger partial charge on any atom is 0.326 e. The third-order valence-electron chi connectivity index (χ3n) is 3.92. The average molecular weight is 434 g/mol. The number of rotatable bonds is 13. The summed E-state index contributed by atoms with van der Waals surface area (Å²) >= 11 is 3.91. The summed E-state index contributed by atoms with van der Waals surface area (Å²) in [5, 5.41) is 16.5. The molecule has 0 aromatic carbocycles. The minimum atomic E-state index is -1.33. The Morgan fingerprint density at radius 1 is 0.931 bits per heavy atom. The molecule has 0 rings (SSSR count). The molecule has 4 amide bonds. The van der Waals surface area contributed by atoms with E-state index in [-0.39, 0.29) is 30.9 Å². The van der Waals surface area contributed by atoms with Crippen molar-refractivity contribution >= 4 is 42.2 Å². The van der Waals surface area contributed by atoms with Crippen LogP contribution in [0.4, 0.5) is 0 Å². The van der Waals surface area contributed by atoms with Crippen LogP contribution in [-0.4, -0.2) is 64.6 Å². The SMILES string of the molecule is CC(C)CC(NC(=O)C(C)NC(=O)C(N)CS)C(=O)NC(CCC(N)=O)C(=O)O. The molecule has 0 aliphatic carbocycles. The van der Waals surface area contributed by atoms with E-state index in [1.165, 1.54) is 6.92 Å². The number of hydrogen-bond donors (Lipinski definition) is 7. The number of carbonyl (C=O) groups is 5. The molecule has 0 aliphatic rings. The van der Waals surface area contributed by atoms with E-state index in [2.05, 4.69) is 28.6 Å². The Morgan fingerprint density at radius 2 is 1.48 bits per heavy atom. The van der Waals surface area contributed by atoms with Crippen molar-refractivity contribution in [1.29, 1.82) is 0 Å². The smallest absolute Gasteiger partial charge is 0.326 e. The van der Waals surface area contributed by atoms with Gasteiger partial charge in [-0.25, -0.2) is 4.79 Å². The molecular weight excluding hydrogens is 402 g/mol. The maximum absolute atomic E-state index is 12.6. The molecule has 0 aromatic rings. The van der Waals surface area contributed by atoms with Crippen LogP contribution in [0.5, 0.6) is 0 Å². The molecule has 0 radical (unpaired) electrons. The molecular formula is C17H31N5O6S. The van der Waals surface area contributed by atoms with Gasteiger partial charge in [0.25, 0.3) is 0 Å². The molecule has 8 N–H and O–H groups in total. The first-order valence-electron chi connectivity index (χ1n) is 9.17. The van der Waals surface area contributed by atoms with Gasteiger partial charge in [-0.3, -0.25) is 19.2 Å². The van der Waals surface area contributed by atoms with Gasteiger partial charge in [0.2, 0.25) is 23.6 Å². The Morgan fingerprint density at radius 3 is 1.93 bits per heavy atom. The molecule has 0 aromatic heterocycles. The largest absolute Gasteiger partial charge is 0.480 e. The first-order chi connectivity index (χ1) is 13.4. The summed E-state index contributed by atoms with van der Waals surface area (Å²) in [4.78, 5) is 58.9. The first-order valence-corrected chi connectivity index (χ1v) is 9.80. The van der Waals surface area contributed by atoms with E-state index < -0.39 is 53.8 Å². The number of carbonyl (C=O) groups excluding carboxylic acids is 4. The molecule has 0 heterocycles. The second-order valence-electron chi connectivity index (χ2n) is 7.11. The van der Waals surface area contributed by atoms with Gasteiger partial charge in [-0.05, 0) is 25.7 Å². The predicted octanol–water partition coefficient (Wildman–Crippen LogP) is -1.89. The van der Waals surface area contributed by atoms with Crippen molar-refractivity contribution in [2.45, 2.75) is 64.2 Å². The highest BCUT2D eigenvalue weighted by atomic mass is 32.1. The minimum Gasteiger partial charge on any atom is -0.480 e. The number of thiol groups is 1. The van der Waals surface area contributed by atoms with Crippen LogP contribution in [0.15, 0.2) is 0 Å². The third-order valence-corrected chi connectivity index (χ3v) is 4.31. The fourth-order valence-electron chi connectivity index (χ4n) is 2.28. The fraction of sp³-hybridized carbons (Fsp3) is 0.706. The van der Waals surface area contributed by atoms with E-state index in [0.717, 1.165) is 0 Å². The van der Waals surface area contributed by atoms with Gasteiger partial charge >= 0.3 is 5.97 Å². The molecule has 4 unspecified atom stereocenters. The zero-order chi connectivity index (χ0) is 22.7. The molecule has 0 saturated heterocycles. The van der Waals surface area contributed by atoms with Crippen LogP contribution < -0.4 is 27.4 Å². The van der Waals surface area contributed by atoms with Crippen LogP contribution in [0.25, 0.3) is 0 Å². The molecule has 4 atom stereocenters. The lowest BCUT2D eigenvalue weighted by molar-refractivity contribution is -0.142. The summed E-state index contributed by atoms with van der Waals surface area (Å²) in [6.07, 6.45) is -0.156. The van der Waals surface area contributed by atoms with Gasteiger partial charge in [0.05, 0.1) is 6.04 Å². The average Bonchev–Trinajstić information content (AvgIpc) is 2.62. The number of nitrogens with two attached hydrogens (primary N) is 2. The summed E-state index contributed by atoms with van der Waals surface area (Å²) in [6.45, 7) is 5.08. The van der Waals surface area contributed by atoms with Crippen molar-refractivity contribution in [3.8, 4) is 0 Å². The Hall–Kier alpha value is -2.34. The standard InChI is InChI=1S/C17H31N5O6S/c1-8(2)6-12(16(26)21-11(17(27)28)4-5-13(19)23)22-14(24)9(3)20-15(25)10(18)7-29/h8-12,29H,4-7,18H2,1-3H3,(H2,19,23)(H,20,25)(H,21,26)(H,22,24)(H,27,28). The maximum atomic E-state index is 12.6. The molecule has 29 heavy (non-hydrogen) atoms. The fourth-order valence-corrected chi connectivity index (χ4v) is 2.45. The van der Waals surface area contributed by atoms with Gasteiger partial charge in [-0.2, -0.15) is 12.6 Å². The number of amides is 4. The molecule has 12 heteroatoms. The topological polar surface area (TPSA) is 194 Å². The zero-order valence-electron chi connectivity index (χ0n) is 16.8. The highest BCUT2D eigenvalue weighted by Crippen LogP contribution is 2.07. The summed E-state index contributed by atoms with van der Waals surface area (Å²) in [5.41, 5.74) is 10.6. The minimum absolute atomic E-state index is 0.00227. The number of aliphatic carboxylic acids is 1. The Labute approximate surface area is 175 Å². The monoisotopic (exact) mass is 433 g/mol. The van der Waals surface area contributed by atoms with Crippen LogP contribution in [-0.2, 0) is 24.0 Å². The van der Waals surface area contributed by atoms with E-state index in [1.54, 1.807) is 0 Å². The van der Waals surface area contributed by atoms with Crippen molar-refractivity contribution in [2.24, 2.45) is 17.4 Å². The number of carboxylic acid groups (broad SMARTS) is 1. The third kappa shape index (κ3) is 10.7. The second kappa shape index (κ2) is 13.0. The molecule has 166 valence electrons. The lowest BCUT2D eigenvalue weighted by Crippen LogP contribution is -2.56. The molecule has 0 bridgehead atoms. The molecule has 0 fully saturated rings. The summed E-state index contributed by atoms with van der Waals surface area (Å²) < 4.78 is 0. The van der Waals surface area contributed by atoms with E-state index in [9.17, 15) is 29.1 Å². The van der Waals surface area contributed by atoms with Gasteiger partial charge in [0, 0.05) is 12.2 Å². The first kappa shape index (κ1) is 26.7. The van der Waals surface area contributed by atoms with E-state index in [4.69, 9.17) is 11.5 Å². The van der Waals surface area contributed by atoms with Crippen LogP contribution in [0.3, 0.4) is 0 Å². The summed E-state index contributed by atoms with van der Waals surface area (Å²) in [7, 11) is 0. The molecule has 0 aliphatic heterocycles. The van der Waals surface area contributed by atoms with Gasteiger partial charge in [-0.1, -0.05) is 13.8 Å². The molecule has 0 saturated carbocycles. The van der Waals surface area contributed by atoms with Crippen molar-refractivity contribution in [3.05, 3.63) is 0 Å². The molecule has 0 spiro atoms. The highest BCUT2D eigenvalue weighted by molar-refractivity contribution is 7.80. The van der Waals surface area contributed by atoms with Crippen LogP contribution in [0, 0.1) is 5.92 Å². The summed E-state index contributed by atoms with van der Waals surface area (Å²) in [6, 6.07) is -4.21. The van der Waals surface area contributed by atoms with Crippen LogP contribution >= 0.6 is 12.6 Å². The lowest BCUT2D eigenvalue weighted by atomic mass is 10.0.